The Balaban J connectivity index is 1.31. The van der Waals surface area contributed by atoms with E-state index >= 15 is 0 Å². The van der Waals surface area contributed by atoms with Gasteiger partial charge in [-0.3, -0.25) is 19.7 Å². The van der Waals surface area contributed by atoms with Gasteiger partial charge in [0.15, 0.2) is 0 Å². The second kappa shape index (κ2) is 9.16. The average Bonchev–Trinajstić information content (AvgIpc) is 3.25. The average molecular weight is 470 g/mol. The summed E-state index contributed by atoms with van der Waals surface area (Å²) in [6.07, 6.45) is 3.24. The van der Waals surface area contributed by atoms with E-state index in [1.807, 2.05) is 31.2 Å². The summed E-state index contributed by atoms with van der Waals surface area (Å²) >= 11 is 0. The summed E-state index contributed by atoms with van der Waals surface area (Å²) in [5, 5.41) is 12.2. The Morgan fingerprint density at radius 2 is 2.03 bits per heavy atom. The number of pyridine rings is 2. The molecule has 0 aliphatic carbocycles. The van der Waals surface area contributed by atoms with Gasteiger partial charge in [0.25, 0.3) is 0 Å². The fourth-order valence-electron chi connectivity index (χ4n) is 4.61. The summed E-state index contributed by atoms with van der Waals surface area (Å²) in [5.74, 6) is 0.105. The van der Waals surface area contributed by atoms with Crippen LogP contribution in [0.15, 0.2) is 42.7 Å². The largest absolute Gasteiger partial charge is 0.495 e. The Kier molecular flexibility index (Phi) is 5.89. The highest BCUT2D eigenvalue weighted by atomic mass is 16.5. The lowest BCUT2D eigenvalue weighted by Gasteiger charge is -2.34. The van der Waals surface area contributed by atoms with Crippen molar-refractivity contribution in [3.05, 3.63) is 76.1 Å². The number of ether oxygens (including phenoxy) is 2. The van der Waals surface area contributed by atoms with Gasteiger partial charge in [-0.05, 0) is 35.7 Å². The summed E-state index contributed by atoms with van der Waals surface area (Å²) in [5.41, 5.74) is 6.08. The number of carbonyl (C=O) groups excluding carboxylic acids is 2. The molecular weight excluding hydrogens is 446 g/mol. The number of hydrogen-bond donors (Lipinski definition) is 1. The van der Waals surface area contributed by atoms with Crippen molar-refractivity contribution in [2.24, 2.45) is 0 Å². The Labute approximate surface area is 202 Å². The standard InChI is InChI=1S/C26H23N5O4/c1-15-18(4-5-19-20(15)14-35-26(19)33)23-12-31(13-25(32)30-23)11-16-3-6-21(28-9-16)22-7-24(34-2)17(8-27)10-29-22/h3-7,9-10,23H,11-14H2,1-2H3,(H,30,32)/t23-/m0/s1. The molecule has 1 atom stereocenters. The molecule has 0 spiro atoms. The Morgan fingerprint density at radius 1 is 1.20 bits per heavy atom. The van der Waals surface area contributed by atoms with Gasteiger partial charge >= 0.3 is 5.97 Å². The van der Waals surface area contributed by atoms with Gasteiger partial charge < -0.3 is 14.8 Å². The minimum Gasteiger partial charge on any atom is -0.495 e. The van der Waals surface area contributed by atoms with Crippen LogP contribution in [0.25, 0.3) is 11.4 Å². The molecule has 1 N–H and O–H groups in total. The maximum Gasteiger partial charge on any atom is 0.338 e. The van der Waals surface area contributed by atoms with E-state index in [0.29, 0.717) is 41.4 Å². The van der Waals surface area contributed by atoms with Crippen LogP contribution in [0.2, 0.25) is 0 Å². The van der Waals surface area contributed by atoms with Crippen LogP contribution in [0.5, 0.6) is 5.75 Å². The van der Waals surface area contributed by atoms with Crippen molar-refractivity contribution in [2.75, 3.05) is 20.2 Å². The normalized spacial score (nSPS) is 17.3. The number of hydrogen-bond acceptors (Lipinski definition) is 8. The summed E-state index contributed by atoms with van der Waals surface area (Å²) in [4.78, 5) is 35.3. The van der Waals surface area contributed by atoms with Crippen LogP contribution in [0.3, 0.4) is 0 Å². The Hall–Kier alpha value is -4.29. The first-order valence-electron chi connectivity index (χ1n) is 11.2. The number of nitrogens with one attached hydrogen (secondary N) is 1. The van der Waals surface area contributed by atoms with E-state index in [9.17, 15) is 9.59 Å². The molecule has 0 bridgehead atoms. The molecule has 0 radical (unpaired) electrons. The molecule has 1 aromatic carbocycles. The predicted octanol–water partition coefficient (Wildman–Crippen LogP) is 2.68. The molecule has 176 valence electrons. The number of carbonyl (C=O) groups is 2. The Morgan fingerprint density at radius 3 is 2.77 bits per heavy atom. The molecule has 1 amide bonds. The van der Waals surface area contributed by atoms with Gasteiger partial charge in [0, 0.05) is 37.1 Å². The van der Waals surface area contributed by atoms with Crippen LogP contribution in [0, 0.1) is 18.3 Å². The van der Waals surface area contributed by atoms with E-state index in [0.717, 1.165) is 22.3 Å². The smallest absolute Gasteiger partial charge is 0.338 e. The van der Waals surface area contributed by atoms with Crippen LogP contribution in [-0.2, 0) is 22.7 Å². The quantitative estimate of drug-likeness (QED) is 0.567. The first-order chi connectivity index (χ1) is 17.0. The molecular formula is C26H23N5O4. The lowest BCUT2D eigenvalue weighted by atomic mass is 9.93. The van der Waals surface area contributed by atoms with Gasteiger partial charge in [0.1, 0.15) is 24.0 Å². The van der Waals surface area contributed by atoms with Crippen molar-refractivity contribution in [3.63, 3.8) is 0 Å². The van der Waals surface area contributed by atoms with Gasteiger partial charge in [-0.25, -0.2) is 4.79 Å². The fraction of sp³-hybridized carbons (Fsp3) is 0.269. The number of fused-ring (bicyclic) bond motifs is 1. The van der Waals surface area contributed by atoms with E-state index in [2.05, 4.69) is 20.2 Å². The van der Waals surface area contributed by atoms with Crippen molar-refractivity contribution < 1.29 is 19.1 Å². The van der Waals surface area contributed by atoms with Gasteiger partial charge in [-0.1, -0.05) is 12.1 Å². The monoisotopic (exact) mass is 469 g/mol. The third-order valence-corrected chi connectivity index (χ3v) is 6.43. The van der Waals surface area contributed by atoms with Gasteiger partial charge in [-0.15, -0.1) is 0 Å². The molecule has 2 aromatic heterocycles. The summed E-state index contributed by atoms with van der Waals surface area (Å²) < 4.78 is 10.4. The third kappa shape index (κ3) is 4.32. The zero-order valence-electron chi connectivity index (χ0n) is 19.4. The number of cyclic esters (lactones) is 1. The number of piperazine rings is 1. The summed E-state index contributed by atoms with van der Waals surface area (Å²) in [6, 6.07) is 11.1. The SMILES string of the molecule is COc1cc(-c2ccc(CN3CC(=O)N[C@H](c4ccc5c(c4C)COC5=O)C3)cn2)ncc1C#N. The molecule has 2 aliphatic heterocycles. The number of esters is 1. The predicted molar refractivity (Wildman–Crippen MR) is 125 cm³/mol. The van der Waals surface area contributed by atoms with Gasteiger partial charge in [0.05, 0.1) is 36.6 Å². The number of aromatic nitrogens is 2. The van der Waals surface area contributed by atoms with Crippen molar-refractivity contribution in [1.29, 1.82) is 5.26 Å². The second-order valence-electron chi connectivity index (χ2n) is 8.61. The zero-order valence-corrected chi connectivity index (χ0v) is 19.4. The number of nitriles is 1. The Bertz CT molecular complexity index is 1360. The van der Waals surface area contributed by atoms with Gasteiger partial charge in [-0.2, -0.15) is 5.26 Å². The summed E-state index contributed by atoms with van der Waals surface area (Å²) in [7, 11) is 1.51. The minimum absolute atomic E-state index is 0.0491. The molecule has 1 fully saturated rings. The van der Waals surface area contributed by atoms with Crippen molar-refractivity contribution in [2.45, 2.75) is 26.1 Å². The van der Waals surface area contributed by atoms with E-state index in [1.165, 1.54) is 13.3 Å². The number of benzene rings is 1. The molecule has 4 heterocycles. The van der Waals surface area contributed by atoms with E-state index in [1.54, 1.807) is 18.3 Å². The second-order valence-corrected chi connectivity index (χ2v) is 8.61. The first-order valence-corrected chi connectivity index (χ1v) is 11.2. The first kappa shape index (κ1) is 22.5. The fourth-order valence-corrected chi connectivity index (χ4v) is 4.61. The molecule has 3 aromatic rings. The van der Waals surface area contributed by atoms with E-state index in [-0.39, 0.29) is 31.1 Å². The lowest BCUT2D eigenvalue weighted by Crippen LogP contribution is -2.49. The third-order valence-electron chi connectivity index (χ3n) is 6.43. The highest BCUT2D eigenvalue weighted by Crippen LogP contribution is 2.31. The molecule has 35 heavy (non-hydrogen) atoms. The van der Waals surface area contributed by atoms with Crippen LogP contribution < -0.4 is 10.1 Å². The van der Waals surface area contributed by atoms with E-state index in [4.69, 9.17) is 14.7 Å². The lowest BCUT2D eigenvalue weighted by molar-refractivity contribution is -0.125. The highest BCUT2D eigenvalue weighted by Gasteiger charge is 2.30. The molecule has 1 saturated heterocycles. The molecule has 2 aliphatic rings. The number of methoxy groups -OCH3 is 1. The number of rotatable bonds is 5. The number of amides is 1. The van der Waals surface area contributed by atoms with Crippen LogP contribution in [-0.4, -0.2) is 46.9 Å². The van der Waals surface area contributed by atoms with Crippen LogP contribution in [0.1, 0.15) is 44.2 Å². The molecule has 0 unspecified atom stereocenters. The highest BCUT2D eigenvalue weighted by molar-refractivity contribution is 5.94. The van der Waals surface area contributed by atoms with Crippen molar-refractivity contribution >= 4 is 11.9 Å². The maximum absolute atomic E-state index is 12.5. The molecule has 9 heteroatoms. The van der Waals surface area contributed by atoms with Crippen molar-refractivity contribution in [3.8, 4) is 23.2 Å². The van der Waals surface area contributed by atoms with Crippen LogP contribution in [0.4, 0.5) is 0 Å². The molecule has 5 rings (SSSR count). The van der Waals surface area contributed by atoms with Crippen LogP contribution >= 0.6 is 0 Å². The van der Waals surface area contributed by atoms with E-state index < -0.39 is 0 Å². The topological polar surface area (TPSA) is 117 Å². The van der Waals surface area contributed by atoms with Gasteiger partial charge in [0.2, 0.25) is 5.91 Å². The molecule has 9 nitrogen and oxygen atoms in total. The zero-order chi connectivity index (χ0) is 24.5. The molecule has 0 saturated carbocycles. The minimum atomic E-state index is -0.297. The summed E-state index contributed by atoms with van der Waals surface area (Å²) in [6.45, 7) is 3.73. The number of nitrogens with zero attached hydrogens (tertiary/aromatic N) is 4. The van der Waals surface area contributed by atoms with Crippen molar-refractivity contribution in [1.82, 2.24) is 20.2 Å². The maximum atomic E-state index is 12.5.